The summed E-state index contributed by atoms with van der Waals surface area (Å²) in [5.41, 5.74) is 4.49. The molecule has 1 atom stereocenters. The van der Waals surface area contributed by atoms with Gasteiger partial charge in [-0.15, -0.1) is 0 Å². The van der Waals surface area contributed by atoms with Gasteiger partial charge in [-0.3, -0.25) is 9.59 Å². The zero-order valence-electron chi connectivity index (χ0n) is 19.5. The fraction of sp³-hybridized carbons (Fsp3) is 0.407. The number of nitrogens with zero attached hydrogens (tertiary/aromatic N) is 2. The van der Waals surface area contributed by atoms with Crippen LogP contribution in [-0.2, 0) is 14.3 Å². The number of aliphatic carboxylic acids is 1. The van der Waals surface area contributed by atoms with Crippen LogP contribution in [0.4, 0.5) is 4.79 Å². The highest BCUT2D eigenvalue weighted by Gasteiger charge is 2.35. The molecule has 4 rings (SSSR count). The molecule has 0 radical (unpaired) electrons. The number of carbonyl (C=O) groups is 3. The number of amides is 2. The Balaban J connectivity index is 1.35. The maximum atomic E-state index is 13.0. The molecule has 0 aromatic heterocycles. The van der Waals surface area contributed by atoms with Crippen LogP contribution >= 0.6 is 0 Å². The van der Waals surface area contributed by atoms with Crippen molar-refractivity contribution in [3.8, 4) is 17.2 Å². The van der Waals surface area contributed by atoms with Crippen molar-refractivity contribution in [3.05, 3.63) is 59.7 Å². The van der Waals surface area contributed by atoms with Crippen molar-refractivity contribution in [1.82, 2.24) is 10.2 Å². The SMILES string of the molecule is N#CCCCC(NC(=O)OCC1c2ccccc2-c2ccccc21)C(=O)N1CC(CCC(=O)O)C1. The first-order valence-corrected chi connectivity index (χ1v) is 12.0. The number of nitrogens with one attached hydrogen (secondary N) is 1. The minimum absolute atomic E-state index is 0.0775. The first kappa shape index (κ1) is 24.3. The van der Waals surface area contributed by atoms with Gasteiger partial charge in [0.15, 0.2) is 0 Å². The van der Waals surface area contributed by atoms with Gasteiger partial charge in [0.2, 0.25) is 5.91 Å². The van der Waals surface area contributed by atoms with Gasteiger partial charge >= 0.3 is 12.1 Å². The van der Waals surface area contributed by atoms with Crippen molar-refractivity contribution in [1.29, 1.82) is 5.26 Å². The number of alkyl carbamates (subject to hydrolysis) is 1. The fourth-order valence-electron chi connectivity index (χ4n) is 4.91. The lowest BCUT2D eigenvalue weighted by molar-refractivity contribution is -0.141. The Morgan fingerprint density at radius 3 is 2.31 bits per heavy atom. The zero-order chi connectivity index (χ0) is 24.8. The topological polar surface area (TPSA) is 120 Å². The molecular weight excluding hydrogens is 446 g/mol. The van der Waals surface area contributed by atoms with Crippen LogP contribution < -0.4 is 5.32 Å². The van der Waals surface area contributed by atoms with Gasteiger partial charge in [-0.2, -0.15) is 5.26 Å². The molecule has 0 saturated carbocycles. The number of unbranched alkanes of at least 4 members (excludes halogenated alkanes) is 1. The molecule has 8 nitrogen and oxygen atoms in total. The number of carbonyl (C=O) groups excluding carboxylic acids is 2. The number of carboxylic acid groups (broad SMARTS) is 1. The third-order valence-corrected chi connectivity index (χ3v) is 6.75. The standard InChI is InChI=1S/C27H29N3O5/c28-14-6-5-11-24(26(33)30-15-18(16-30)12-13-25(31)32)29-27(34)35-17-23-21-9-3-1-7-19(21)20-8-2-4-10-22(20)23/h1-4,7-10,18,23-24H,5-6,11-13,15-17H2,(H,29,34)(H,31,32). The molecule has 0 bridgehead atoms. The maximum absolute atomic E-state index is 13.0. The van der Waals surface area contributed by atoms with Crippen LogP contribution in [0.1, 0.15) is 49.1 Å². The summed E-state index contributed by atoms with van der Waals surface area (Å²) in [4.78, 5) is 38.1. The van der Waals surface area contributed by atoms with E-state index < -0.39 is 18.1 Å². The van der Waals surface area contributed by atoms with Crippen LogP contribution in [0.2, 0.25) is 0 Å². The summed E-state index contributed by atoms with van der Waals surface area (Å²) in [7, 11) is 0. The Morgan fingerprint density at radius 1 is 1.09 bits per heavy atom. The van der Waals surface area contributed by atoms with Gasteiger partial charge in [0, 0.05) is 31.8 Å². The second-order valence-electron chi connectivity index (χ2n) is 9.11. The highest BCUT2D eigenvalue weighted by Crippen LogP contribution is 2.44. The van der Waals surface area contributed by atoms with E-state index in [1.807, 2.05) is 36.4 Å². The molecule has 35 heavy (non-hydrogen) atoms. The molecule has 1 heterocycles. The van der Waals surface area contributed by atoms with Crippen LogP contribution in [0.25, 0.3) is 11.1 Å². The number of benzene rings is 2. The number of hydrogen-bond acceptors (Lipinski definition) is 5. The molecule has 182 valence electrons. The number of ether oxygens (including phenoxy) is 1. The van der Waals surface area contributed by atoms with Crippen LogP contribution in [-0.4, -0.2) is 53.7 Å². The third-order valence-electron chi connectivity index (χ3n) is 6.75. The van der Waals surface area contributed by atoms with E-state index >= 15 is 0 Å². The van der Waals surface area contributed by atoms with Crippen LogP contribution in [0.5, 0.6) is 0 Å². The van der Waals surface area contributed by atoms with Gasteiger partial charge in [-0.25, -0.2) is 4.79 Å². The average Bonchev–Trinajstić information content (AvgIpc) is 3.14. The maximum Gasteiger partial charge on any atom is 0.407 e. The zero-order valence-corrected chi connectivity index (χ0v) is 19.5. The summed E-state index contributed by atoms with van der Waals surface area (Å²) in [6, 6.07) is 17.4. The van der Waals surface area contributed by atoms with Crippen molar-refractivity contribution in [2.24, 2.45) is 5.92 Å². The summed E-state index contributed by atoms with van der Waals surface area (Å²) in [6.45, 7) is 1.11. The molecular formula is C27H29N3O5. The molecule has 1 unspecified atom stereocenters. The monoisotopic (exact) mass is 475 g/mol. The highest BCUT2D eigenvalue weighted by atomic mass is 16.5. The van der Waals surface area contributed by atoms with Crippen LogP contribution in [0.15, 0.2) is 48.5 Å². The predicted molar refractivity (Wildman–Crippen MR) is 128 cm³/mol. The Hall–Kier alpha value is -3.86. The van der Waals surface area contributed by atoms with Gasteiger partial charge in [0.25, 0.3) is 0 Å². The number of hydrogen-bond donors (Lipinski definition) is 2. The minimum atomic E-state index is -0.846. The molecule has 1 saturated heterocycles. The van der Waals surface area contributed by atoms with E-state index in [2.05, 4.69) is 23.5 Å². The highest BCUT2D eigenvalue weighted by molar-refractivity contribution is 5.86. The minimum Gasteiger partial charge on any atom is -0.481 e. The van der Waals surface area contributed by atoms with Gasteiger partial charge in [-0.1, -0.05) is 48.5 Å². The lowest BCUT2D eigenvalue weighted by atomic mass is 9.93. The lowest BCUT2D eigenvalue weighted by Crippen LogP contribution is -2.57. The fourth-order valence-corrected chi connectivity index (χ4v) is 4.91. The summed E-state index contributed by atoms with van der Waals surface area (Å²) in [6.07, 6.45) is 1.05. The Bertz CT molecular complexity index is 1090. The number of carboxylic acids is 1. The molecule has 1 fully saturated rings. The number of fused-ring (bicyclic) bond motifs is 3. The summed E-state index contributed by atoms with van der Waals surface area (Å²) in [5, 5.41) is 20.4. The van der Waals surface area contributed by atoms with E-state index in [1.165, 1.54) is 0 Å². The van der Waals surface area contributed by atoms with Gasteiger partial charge in [-0.05, 0) is 47.4 Å². The van der Waals surface area contributed by atoms with E-state index in [1.54, 1.807) is 4.90 Å². The molecule has 8 heteroatoms. The normalized spacial score (nSPS) is 15.3. The smallest absolute Gasteiger partial charge is 0.407 e. The van der Waals surface area contributed by atoms with E-state index in [9.17, 15) is 14.4 Å². The third kappa shape index (κ3) is 5.62. The van der Waals surface area contributed by atoms with Crippen molar-refractivity contribution in [2.45, 2.75) is 44.1 Å². The molecule has 2 aromatic rings. The van der Waals surface area contributed by atoms with Crippen LogP contribution in [0, 0.1) is 17.2 Å². The number of rotatable bonds is 10. The summed E-state index contributed by atoms with van der Waals surface area (Å²) >= 11 is 0. The Morgan fingerprint density at radius 2 is 1.71 bits per heavy atom. The second kappa shape index (κ2) is 11.0. The van der Waals surface area contributed by atoms with E-state index in [4.69, 9.17) is 15.1 Å². The number of nitriles is 1. The Kier molecular flexibility index (Phi) is 7.66. The van der Waals surface area contributed by atoms with Gasteiger partial charge in [0.05, 0.1) is 6.07 Å². The quantitative estimate of drug-likeness (QED) is 0.503. The average molecular weight is 476 g/mol. The lowest BCUT2D eigenvalue weighted by Gasteiger charge is -2.41. The van der Waals surface area contributed by atoms with Gasteiger partial charge < -0.3 is 20.1 Å². The summed E-state index contributed by atoms with van der Waals surface area (Å²) in [5.74, 6) is -0.986. The molecule has 1 aliphatic carbocycles. The molecule has 2 amide bonds. The van der Waals surface area contributed by atoms with Crippen molar-refractivity contribution >= 4 is 18.0 Å². The van der Waals surface area contributed by atoms with Crippen molar-refractivity contribution in [2.75, 3.05) is 19.7 Å². The molecule has 2 aromatic carbocycles. The molecule has 2 aliphatic rings. The van der Waals surface area contributed by atoms with E-state index in [0.29, 0.717) is 32.4 Å². The van der Waals surface area contributed by atoms with Crippen molar-refractivity contribution < 1.29 is 24.2 Å². The van der Waals surface area contributed by atoms with Crippen LogP contribution in [0.3, 0.4) is 0 Å². The molecule has 2 N–H and O–H groups in total. The largest absolute Gasteiger partial charge is 0.481 e. The van der Waals surface area contributed by atoms with Gasteiger partial charge in [0.1, 0.15) is 12.6 Å². The summed E-state index contributed by atoms with van der Waals surface area (Å²) < 4.78 is 5.59. The van der Waals surface area contributed by atoms with Crippen molar-refractivity contribution in [3.63, 3.8) is 0 Å². The van der Waals surface area contributed by atoms with E-state index in [0.717, 1.165) is 22.3 Å². The molecule has 0 spiro atoms. The first-order valence-electron chi connectivity index (χ1n) is 12.0. The van der Waals surface area contributed by atoms with E-state index in [-0.39, 0.29) is 37.2 Å². The first-order chi connectivity index (χ1) is 17.0. The second-order valence-corrected chi connectivity index (χ2v) is 9.11. The predicted octanol–water partition coefficient (Wildman–Crippen LogP) is 3.91. The molecule has 1 aliphatic heterocycles. The Labute approximate surface area is 204 Å². The number of likely N-dealkylation sites (tertiary alicyclic amines) is 1.